The van der Waals surface area contributed by atoms with Crippen molar-refractivity contribution in [2.75, 3.05) is 9.80 Å². The van der Waals surface area contributed by atoms with Gasteiger partial charge in [-0.25, -0.2) is 0 Å². The van der Waals surface area contributed by atoms with Crippen LogP contribution in [0.25, 0.3) is 44.6 Å². The standard InChI is InChI=1S/C55H48N2O2Si/c1-54(2)46-32-38(56(35-16-10-8-11-17-35)37-22-27-41(28-23-37)60(5,6)7)25-30-44(46)52-50(54)51-53(59-52)45-31-26-39(33-47(45)55(51,3)4)57(36-18-12-9-13-19-36)40-24-29-43-42-20-14-15-21-48(42)58-49(43)34-40/h8-34H,1-7H3. The minimum absolute atomic E-state index is 0.290. The molecule has 11 rings (SSSR count). The van der Waals surface area contributed by atoms with Gasteiger partial charge in [0.25, 0.3) is 0 Å². The van der Waals surface area contributed by atoms with Gasteiger partial charge in [-0.2, -0.15) is 0 Å². The summed E-state index contributed by atoms with van der Waals surface area (Å²) in [7, 11) is -1.45. The molecular weight excluding hydrogens is 749 g/mol. The van der Waals surface area contributed by atoms with Crippen LogP contribution in [0.3, 0.4) is 0 Å². The van der Waals surface area contributed by atoms with Crippen LogP contribution in [0.15, 0.2) is 173 Å². The quantitative estimate of drug-likeness (QED) is 0.150. The average molecular weight is 797 g/mol. The van der Waals surface area contributed by atoms with Crippen LogP contribution in [0.2, 0.25) is 19.6 Å². The Hall–Kier alpha value is -6.56. The molecule has 5 heteroatoms. The van der Waals surface area contributed by atoms with E-state index in [1.807, 2.05) is 12.1 Å². The third kappa shape index (κ3) is 5.42. The van der Waals surface area contributed by atoms with Crippen LogP contribution in [-0.2, 0) is 10.8 Å². The summed E-state index contributed by atoms with van der Waals surface area (Å²) in [6.45, 7) is 16.7. The van der Waals surface area contributed by atoms with E-state index >= 15 is 0 Å². The first-order valence-corrected chi connectivity index (χ1v) is 24.6. The first kappa shape index (κ1) is 36.5. The van der Waals surface area contributed by atoms with E-state index in [-0.39, 0.29) is 10.8 Å². The topological polar surface area (TPSA) is 32.8 Å². The van der Waals surface area contributed by atoms with Gasteiger partial charge in [0.2, 0.25) is 0 Å². The maximum atomic E-state index is 7.12. The first-order chi connectivity index (χ1) is 28.9. The summed E-state index contributed by atoms with van der Waals surface area (Å²) in [4.78, 5) is 4.73. The second kappa shape index (κ2) is 13.0. The zero-order chi connectivity index (χ0) is 41.1. The van der Waals surface area contributed by atoms with Gasteiger partial charge in [-0.3, -0.25) is 0 Å². The highest BCUT2D eigenvalue weighted by Crippen LogP contribution is 2.62. The molecule has 0 radical (unpaired) electrons. The lowest BCUT2D eigenvalue weighted by molar-refractivity contribution is 0.592. The fraction of sp³-hybridized carbons (Fsp3) is 0.164. The summed E-state index contributed by atoms with van der Waals surface area (Å²) in [5.74, 6) is 2.00. The van der Waals surface area contributed by atoms with Gasteiger partial charge in [-0.1, -0.05) is 119 Å². The maximum Gasteiger partial charge on any atom is 0.139 e. The summed E-state index contributed by atoms with van der Waals surface area (Å²) in [6, 6.07) is 59.3. The monoisotopic (exact) mass is 796 g/mol. The van der Waals surface area contributed by atoms with Crippen molar-refractivity contribution in [1.29, 1.82) is 0 Å². The van der Waals surface area contributed by atoms with Crippen LogP contribution in [0.1, 0.15) is 49.9 Å². The minimum atomic E-state index is -1.45. The molecule has 0 amide bonds. The maximum absolute atomic E-state index is 7.12. The molecule has 294 valence electrons. The SMILES string of the molecule is CC1(C)c2cc(N(c3ccccc3)c3ccc([Si](C)(C)C)cc3)ccc2-c2oc3c(c21)C(C)(C)c1cc(N(c2ccccc2)c2ccc4c(c2)oc2ccccc24)ccc1-3. The zero-order valence-corrected chi connectivity index (χ0v) is 36.3. The Labute approximate surface area is 353 Å². The third-order valence-electron chi connectivity index (χ3n) is 13.2. The van der Waals surface area contributed by atoms with Crippen molar-refractivity contribution in [2.45, 2.75) is 58.2 Å². The van der Waals surface area contributed by atoms with Crippen LogP contribution in [-0.4, -0.2) is 8.07 Å². The molecule has 0 atom stereocenters. The first-order valence-electron chi connectivity index (χ1n) is 21.1. The molecule has 0 unspecified atom stereocenters. The van der Waals surface area contributed by atoms with Gasteiger partial charge in [0.05, 0.1) is 8.07 Å². The predicted octanol–water partition coefficient (Wildman–Crippen LogP) is 15.3. The molecule has 0 saturated carbocycles. The summed E-state index contributed by atoms with van der Waals surface area (Å²) in [6.07, 6.45) is 0. The number of fused-ring (bicyclic) bond motifs is 10. The van der Waals surface area contributed by atoms with Crippen molar-refractivity contribution >= 4 is 69.3 Å². The highest BCUT2D eigenvalue weighted by atomic mass is 28.3. The Morgan fingerprint density at radius 3 is 1.38 bits per heavy atom. The van der Waals surface area contributed by atoms with Crippen molar-refractivity contribution < 1.29 is 8.83 Å². The van der Waals surface area contributed by atoms with Crippen LogP contribution < -0.4 is 15.0 Å². The molecule has 2 aliphatic rings. The molecule has 0 saturated heterocycles. The second-order valence-electron chi connectivity index (χ2n) is 18.6. The summed E-state index contributed by atoms with van der Waals surface area (Å²) in [5.41, 5.74) is 15.4. The number of anilines is 6. The van der Waals surface area contributed by atoms with Crippen LogP contribution in [0, 0.1) is 0 Å². The Bertz CT molecular complexity index is 3130. The van der Waals surface area contributed by atoms with Gasteiger partial charge < -0.3 is 18.6 Å². The van der Waals surface area contributed by atoms with Crippen molar-refractivity contribution in [3.8, 4) is 22.6 Å². The number of hydrogen-bond donors (Lipinski definition) is 0. The van der Waals surface area contributed by atoms with Gasteiger partial charge in [-0.15, -0.1) is 0 Å². The van der Waals surface area contributed by atoms with E-state index in [1.54, 1.807) is 0 Å². The highest BCUT2D eigenvalue weighted by molar-refractivity contribution is 6.88. The van der Waals surface area contributed by atoms with Gasteiger partial charge in [0.1, 0.15) is 22.7 Å². The summed E-state index contributed by atoms with van der Waals surface area (Å²) < 4.78 is 13.5. The van der Waals surface area contributed by atoms with Crippen molar-refractivity contribution in [1.82, 2.24) is 0 Å². The molecule has 9 aromatic rings. The van der Waals surface area contributed by atoms with Crippen molar-refractivity contribution in [2.24, 2.45) is 0 Å². The molecule has 2 aromatic heterocycles. The molecule has 0 bridgehead atoms. The lowest BCUT2D eigenvalue weighted by atomic mass is 9.74. The highest BCUT2D eigenvalue weighted by Gasteiger charge is 2.50. The van der Waals surface area contributed by atoms with E-state index in [0.29, 0.717) is 0 Å². The fourth-order valence-electron chi connectivity index (χ4n) is 10.1. The smallest absolute Gasteiger partial charge is 0.139 e. The molecule has 4 nitrogen and oxygen atoms in total. The molecular formula is C55H48N2O2Si. The van der Waals surface area contributed by atoms with E-state index in [1.165, 1.54) is 38.6 Å². The third-order valence-corrected chi connectivity index (χ3v) is 15.2. The van der Waals surface area contributed by atoms with Crippen LogP contribution >= 0.6 is 0 Å². The van der Waals surface area contributed by atoms with E-state index in [9.17, 15) is 0 Å². The molecule has 7 aromatic carbocycles. The van der Waals surface area contributed by atoms with Crippen molar-refractivity contribution in [3.63, 3.8) is 0 Å². The minimum Gasteiger partial charge on any atom is -0.456 e. The molecule has 2 heterocycles. The Morgan fingerprint density at radius 1 is 0.400 bits per heavy atom. The fourth-order valence-corrected chi connectivity index (χ4v) is 11.2. The molecule has 60 heavy (non-hydrogen) atoms. The molecule has 0 N–H and O–H groups in total. The van der Waals surface area contributed by atoms with E-state index < -0.39 is 8.07 Å². The molecule has 0 fully saturated rings. The number of para-hydroxylation sites is 3. The zero-order valence-electron chi connectivity index (χ0n) is 35.3. The number of furan rings is 2. The van der Waals surface area contributed by atoms with E-state index in [4.69, 9.17) is 8.83 Å². The normalized spacial score (nSPS) is 14.5. The number of benzene rings is 7. The number of nitrogens with zero attached hydrogens (tertiary/aromatic N) is 2. The molecule has 2 aliphatic carbocycles. The molecule has 0 aliphatic heterocycles. The lowest BCUT2D eigenvalue weighted by Gasteiger charge is -2.30. The Balaban J connectivity index is 0.996. The van der Waals surface area contributed by atoms with E-state index in [0.717, 1.165) is 67.6 Å². The second-order valence-corrected chi connectivity index (χ2v) is 23.7. The Kier molecular flexibility index (Phi) is 7.89. The van der Waals surface area contributed by atoms with Crippen molar-refractivity contribution in [3.05, 3.63) is 186 Å². The van der Waals surface area contributed by atoms with Gasteiger partial charge in [0, 0.05) is 84.0 Å². The van der Waals surface area contributed by atoms with Gasteiger partial charge in [0.15, 0.2) is 0 Å². The summed E-state index contributed by atoms with van der Waals surface area (Å²) >= 11 is 0. The number of rotatable bonds is 7. The van der Waals surface area contributed by atoms with Gasteiger partial charge in [-0.05, 0) is 102 Å². The molecule has 0 spiro atoms. The predicted molar refractivity (Wildman–Crippen MR) is 253 cm³/mol. The number of hydrogen-bond acceptors (Lipinski definition) is 4. The Morgan fingerprint density at radius 2 is 0.833 bits per heavy atom. The largest absolute Gasteiger partial charge is 0.456 e. The van der Waals surface area contributed by atoms with Gasteiger partial charge >= 0.3 is 0 Å². The lowest BCUT2D eigenvalue weighted by Crippen LogP contribution is -2.37. The van der Waals surface area contributed by atoms with Crippen LogP contribution in [0.4, 0.5) is 34.1 Å². The average Bonchev–Trinajstić information content (AvgIpc) is 3.95. The van der Waals surface area contributed by atoms with Crippen LogP contribution in [0.5, 0.6) is 0 Å². The summed E-state index contributed by atoms with van der Waals surface area (Å²) in [5, 5.41) is 3.71. The van der Waals surface area contributed by atoms with E-state index in [2.05, 4.69) is 209 Å².